The quantitative estimate of drug-likeness (QED) is 0.702. The van der Waals surface area contributed by atoms with E-state index < -0.39 is 5.97 Å². The molecule has 2 N–H and O–H groups in total. The van der Waals surface area contributed by atoms with Crippen molar-refractivity contribution in [2.75, 3.05) is 0 Å². The van der Waals surface area contributed by atoms with Crippen LogP contribution < -0.4 is 5.11 Å². The van der Waals surface area contributed by atoms with Gasteiger partial charge in [0.05, 0.1) is 0 Å². The van der Waals surface area contributed by atoms with Crippen molar-refractivity contribution in [2.24, 2.45) is 0 Å². The fraction of sp³-hybridized carbons (Fsp3) is 0.318. The molecule has 2 aliphatic rings. The van der Waals surface area contributed by atoms with E-state index in [9.17, 15) is 10.2 Å². The van der Waals surface area contributed by atoms with Gasteiger partial charge in [0.25, 0.3) is 0 Å². The van der Waals surface area contributed by atoms with Gasteiger partial charge in [-0.05, 0) is 6.92 Å². The first-order chi connectivity index (χ1) is 14.0. The number of nitrogens with zero attached hydrogens (tertiary/aromatic N) is 2. The Hall–Kier alpha value is -2.63. The predicted molar refractivity (Wildman–Crippen MR) is 104 cm³/mol. The molecule has 1 heterocycles. The van der Waals surface area contributed by atoms with Gasteiger partial charge in [-0.1, -0.05) is 0 Å². The van der Waals surface area contributed by atoms with Crippen LogP contribution in [0, 0.1) is 0 Å². The molecule has 6 nitrogen and oxygen atoms in total. The van der Waals surface area contributed by atoms with Gasteiger partial charge < -0.3 is 9.90 Å². The van der Waals surface area contributed by atoms with Gasteiger partial charge in [0.15, 0.2) is 0 Å². The predicted octanol–water partition coefficient (Wildman–Crippen LogP) is 1.65. The molecular weight excluding hydrogens is 411 g/mol. The third-order valence-corrected chi connectivity index (χ3v) is 6.53. The molecule has 0 radical (unpaired) electrons. The topological polar surface area (TPSA) is 86.6 Å². The average Bonchev–Trinajstić information content (AvgIpc) is 3.03. The van der Waals surface area contributed by atoms with E-state index in [2.05, 4.69) is 19.6 Å². The van der Waals surface area contributed by atoms with Crippen LogP contribution in [0.25, 0.3) is 0 Å². The van der Waals surface area contributed by atoms with E-state index >= 15 is 0 Å². The number of carboxylic acids is 1. The van der Waals surface area contributed by atoms with Crippen LogP contribution in [0.5, 0.6) is 11.5 Å². The monoisotopic (exact) mass is 436 g/mol. The fourth-order valence-electron chi connectivity index (χ4n) is 3.57. The van der Waals surface area contributed by atoms with Crippen molar-refractivity contribution in [3.63, 3.8) is 0 Å². The number of carboxylic acid groups (broad SMARTS) is 1. The van der Waals surface area contributed by atoms with Crippen LogP contribution >= 0.6 is 0 Å². The molecule has 2 aromatic rings. The first kappa shape index (κ1) is 21.1. The van der Waals surface area contributed by atoms with Crippen LogP contribution in [0.3, 0.4) is 0 Å². The van der Waals surface area contributed by atoms with Crippen LogP contribution in [0.4, 0.5) is 0 Å². The number of phenols is 2. The Morgan fingerprint density at radius 2 is 1.31 bits per heavy atom. The number of carbonyl (C=O) groups is 1. The first-order valence-corrected chi connectivity index (χ1v) is 10.7. The summed E-state index contributed by atoms with van der Waals surface area (Å²) >= 11 is 0.446. The molecule has 0 spiro atoms. The number of hydrogen-bond acceptors (Lipinski definition) is 4. The summed E-state index contributed by atoms with van der Waals surface area (Å²) in [6, 6.07) is 15.9. The molecule has 0 aromatic heterocycles. The second-order valence-corrected chi connectivity index (χ2v) is 8.51. The van der Waals surface area contributed by atoms with Gasteiger partial charge in [-0.25, -0.2) is 0 Å². The molecule has 1 aliphatic carbocycles. The van der Waals surface area contributed by atoms with E-state index in [-0.39, 0.29) is 0 Å². The number of aliphatic carboxylic acids is 1. The van der Waals surface area contributed by atoms with Crippen molar-refractivity contribution >= 4 is 18.4 Å². The van der Waals surface area contributed by atoms with Crippen molar-refractivity contribution < 1.29 is 42.7 Å². The summed E-state index contributed by atoms with van der Waals surface area (Å²) in [5.74, 6) is -0.438. The normalized spacial score (nSPS) is 23.3. The van der Waals surface area contributed by atoms with Gasteiger partial charge in [0.1, 0.15) is 0 Å². The molecule has 1 saturated carbocycles. The van der Waals surface area contributed by atoms with E-state index in [1.165, 1.54) is 25.7 Å². The van der Waals surface area contributed by atoms with Gasteiger partial charge in [-0.2, -0.15) is 0 Å². The zero-order chi connectivity index (χ0) is 20.8. The molecule has 4 rings (SSSR count). The number of phenolic OH excluding ortho intramolecular Hbond substituents is 2. The molecule has 29 heavy (non-hydrogen) atoms. The van der Waals surface area contributed by atoms with Gasteiger partial charge in [0, 0.05) is 5.97 Å². The molecule has 1 aliphatic heterocycles. The van der Waals surface area contributed by atoms with E-state index in [0.29, 0.717) is 39.0 Å². The fourth-order valence-corrected chi connectivity index (χ4v) is 5.41. The van der Waals surface area contributed by atoms with E-state index in [0.717, 1.165) is 18.1 Å². The summed E-state index contributed by atoms with van der Waals surface area (Å²) in [5.41, 5.74) is 1.73. The van der Waals surface area contributed by atoms with Crippen LogP contribution in [-0.2, 0) is 20.2 Å². The Balaban J connectivity index is 0.000000552. The molecule has 153 valence electrons. The number of fused-ring (bicyclic) bond motifs is 1. The molecular formula is C22H25MnN2O4+. The van der Waals surface area contributed by atoms with E-state index in [4.69, 9.17) is 9.90 Å². The Morgan fingerprint density at radius 3 is 1.69 bits per heavy atom. The average molecular weight is 436 g/mol. The molecule has 0 bridgehead atoms. The molecule has 2 aromatic carbocycles. The zero-order valence-electron chi connectivity index (χ0n) is 16.2. The Bertz CT molecular complexity index is 868. The second kappa shape index (κ2) is 9.72. The van der Waals surface area contributed by atoms with Crippen molar-refractivity contribution in [1.82, 2.24) is 0 Å². The van der Waals surface area contributed by atoms with Crippen molar-refractivity contribution in [1.29, 1.82) is 0 Å². The molecule has 2 fully saturated rings. The Kier molecular flexibility index (Phi) is 7.07. The summed E-state index contributed by atoms with van der Waals surface area (Å²) in [6.45, 7) is 0.972. The molecule has 1 saturated heterocycles. The Labute approximate surface area is 177 Å². The van der Waals surface area contributed by atoms with E-state index in [1.807, 2.05) is 36.4 Å². The third-order valence-electron chi connectivity index (χ3n) is 4.90. The molecule has 2 atom stereocenters. The van der Waals surface area contributed by atoms with E-state index in [1.54, 1.807) is 12.1 Å². The molecule has 7 heteroatoms. The molecule has 0 unspecified atom stereocenters. The van der Waals surface area contributed by atoms with Crippen molar-refractivity contribution in [3.8, 4) is 11.5 Å². The number of hydrogen-bond donors (Lipinski definition) is 2. The second-order valence-electron chi connectivity index (χ2n) is 7.05. The number of benzene rings is 2. The van der Waals surface area contributed by atoms with Gasteiger partial charge >= 0.3 is 154 Å². The minimum atomic E-state index is -1.08. The van der Waals surface area contributed by atoms with Crippen LogP contribution in [0.1, 0.15) is 43.7 Å². The maximum absolute atomic E-state index is 10.1. The van der Waals surface area contributed by atoms with Crippen LogP contribution in [-0.4, -0.2) is 47.9 Å². The number of rotatable bonds is 2. The summed E-state index contributed by atoms with van der Waals surface area (Å²) in [4.78, 5) is 8.89. The summed E-state index contributed by atoms with van der Waals surface area (Å²) in [5, 5.41) is 29.1. The standard InChI is InChI=1S/C20H22N2O2.C2H4O2.Mn/c23-19-11-5-1-7-15(19)13-21-17-9-3-4-10-18(17)22-14-16-8-2-6-12-20(16)24;1-2(3)4;/h1-2,5-8,11-14,17-18,23-24H,3-4,9-10H2;1H3,(H,3,4);/q;;+2/p-1/t17-,18-;;/m1../s1. The SMILES string of the molecule is CC(=O)[O-].Oc1ccccc1C=[N+]1[Mn][N+](=Cc2ccccc2O)[C@@H]2CCCC[C@H]21. The Morgan fingerprint density at radius 1 is 0.931 bits per heavy atom. The van der Waals surface area contributed by atoms with Crippen molar-refractivity contribution in [2.45, 2.75) is 44.7 Å². The third kappa shape index (κ3) is 5.46. The van der Waals surface area contributed by atoms with Gasteiger partial charge in [-0.15, -0.1) is 0 Å². The van der Waals surface area contributed by atoms with Crippen molar-refractivity contribution in [3.05, 3.63) is 59.7 Å². The summed E-state index contributed by atoms with van der Waals surface area (Å²) < 4.78 is 4.75. The maximum atomic E-state index is 10.1. The van der Waals surface area contributed by atoms with Gasteiger partial charge in [-0.3, -0.25) is 0 Å². The summed E-state index contributed by atoms with van der Waals surface area (Å²) in [6.07, 6.45) is 9.04. The van der Waals surface area contributed by atoms with Crippen LogP contribution in [0.15, 0.2) is 48.5 Å². The summed E-state index contributed by atoms with van der Waals surface area (Å²) in [7, 11) is 0. The molecule has 0 amide bonds. The van der Waals surface area contributed by atoms with Crippen LogP contribution in [0.2, 0.25) is 0 Å². The first-order valence-electron chi connectivity index (χ1n) is 9.61. The number of aromatic hydroxyl groups is 2. The minimum absolute atomic E-state index is 0.323. The number of carbonyl (C=O) groups excluding carboxylic acids is 1. The zero-order valence-corrected chi connectivity index (χ0v) is 17.4. The van der Waals surface area contributed by atoms with Gasteiger partial charge in [0.2, 0.25) is 0 Å². The number of para-hydroxylation sites is 2.